The van der Waals surface area contributed by atoms with Gasteiger partial charge < -0.3 is 15.1 Å². The molecule has 0 aliphatic carbocycles. The molecule has 0 radical (unpaired) electrons. The summed E-state index contributed by atoms with van der Waals surface area (Å²) >= 11 is 0. The Labute approximate surface area is 99.7 Å². The summed E-state index contributed by atoms with van der Waals surface area (Å²) in [5.41, 5.74) is 0.251. The molecule has 0 spiro atoms. The molecule has 2 N–H and O–H groups in total. The van der Waals surface area contributed by atoms with Gasteiger partial charge in [-0.3, -0.25) is 0 Å². The van der Waals surface area contributed by atoms with Crippen LogP contribution in [-0.2, 0) is 0 Å². The van der Waals surface area contributed by atoms with Gasteiger partial charge in [0, 0.05) is 25.9 Å². The van der Waals surface area contributed by atoms with E-state index in [0.29, 0.717) is 5.82 Å². The highest BCUT2D eigenvalue weighted by Gasteiger charge is 2.20. The van der Waals surface area contributed by atoms with Crippen LogP contribution in [0, 0.1) is 5.92 Å². The Bertz CT molecular complexity index is 408. The molecule has 1 aliphatic heterocycles. The number of aliphatic hydroxyl groups is 1. The molecular formula is C12H16N2O3. The number of piperidine rings is 1. The maximum atomic E-state index is 10.9. The standard InChI is InChI=1S/C12H16N2O3/c15-8-9-2-1-5-14(7-9)11-6-10(12(16)17)3-4-13-11/h3-4,6,9,15H,1-2,5,7-8H2,(H,16,17). The lowest BCUT2D eigenvalue weighted by Crippen LogP contribution is -2.37. The minimum atomic E-state index is -0.940. The fourth-order valence-electron chi connectivity index (χ4n) is 2.15. The van der Waals surface area contributed by atoms with Crippen LogP contribution >= 0.6 is 0 Å². The first-order chi connectivity index (χ1) is 8.20. The molecule has 0 bridgehead atoms. The lowest BCUT2D eigenvalue weighted by Gasteiger charge is -2.32. The number of aromatic nitrogens is 1. The number of carboxylic acid groups (broad SMARTS) is 1. The summed E-state index contributed by atoms with van der Waals surface area (Å²) in [6, 6.07) is 3.07. The van der Waals surface area contributed by atoms with Crippen LogP contribution < -0.4 is 4.90 Å². The number of hydrogen-bond acceptors (Lipinski definition) is 4. The molecule has 5 nitrogen and oxygen atoms in total. The second-order valence-electron chi connectivity index (χ2n) is 4.34. The molecule has 5 heteroatoms. The fourth-order valence-corrected chi connectivity index (χ4v) is 2.15. The highest BCUT2D eigenvalue weighted by Crippen LogP contribution is 2.21. The van der Waals surface area contributed by atoms with Crippen LogP contribution in [0.15, 0.2) is 18.3 Å². The van der Waals surface area contributed by atoms with Crippen molar-refractivity contribution in [1.29, 1.82) is 0 Å². The van der Waals surface area contributed by atoms with E-state index >= 15 is 0 Å². The average molecular weight is 236 g/mol. The van der Waals surface area contributed by atoms with Gasteiger partial charge in [0.15, 0.2) is 0 Å². The van der Waals surface area contributed by atoms with Crippen LogP contribution in [0.2, 0.25) is 0 Å². The Morgan fingerprint density at radius 2 is 2.41 bits per heavy atom. The number of hydrogen-bond donors (Lipinski definition) is 2. The van der Waals surface area contributed by atoms with E-state index < -0.39 is 5.97 Å². The quantitative estimate of drug-likeness (QED) is 0.818. The summed E-state index contributed by atoms with van der Waals surface area (Å²) in [4.78, 5) is 17.1. The van der Waals surface area contributed by atoms with Gasteiger partial charge in [-0.15, -0.1) is 0 Å². The van der Waals surface area contributed by atoms with Crippen molar-refractivity contribution in [3.63, 3.8) is 0 Å². The molecule has 2 rings (SSSR count). The van der Waals surface area contributed by atoms with E-state index in [1.165, 1.54) is 12.3 Å². The Kier molecular flexibility index (Phi) is 3.58. The molecule has 1 unspecified atom stereocenters. The number of carboxylic acids is 1. The fraction of sp³-hybridized carbons (Fsp3) is 0.500. The largest absolute Gasteiger partial charge is 0.478 e. The van der Waals surface area contributed by atoms with E-state index in [0.717, 1.165) is 25.9 Å². The van der Waals surface area contributed by atoms with Gasteiger partial charge in [0.1, 0.15) is 5.82 Å². The summed E-state index contributed by atoms with van der Waals surface area (Å²) in [7, 11) is 0. The molecule has 1 aromatic heterocycles. The molecule has 92 valence electrons. The topological polar surface area (TPSA) is 73.7 Å². The molecule has 0 aromatic carbocycles. The van der Waals surface area contributed by atoms with Gasteiger partial charge in [-0.2, -0.15) is 0 Å². The smallest absolute Gasteiger partial charge is 0.335 e. The summed E-state index contributed by atoms with van der Waals surface area (Å²) in [5, 5.41) is 18.1. The van der Waals surface area contributed by atoms with Crippen LogP contribution in [0.1, 0.15) is 23.2 Å². The summed E-state index contributed by atoms with van der Waals surface area (Å²) in [6.45, 7) is 1.79. The molecule has 1 saturated heterocycles. The second kappa shape index (κ2) is 5.14. The first-order valence-electron chi connectivity index (χ1n) is 5.76. The van der Waals surface area contributed by atoms with Crippen LogP contribution in [0.3, 0.4) is 0 Å². The van der Waals surface area contributed by atoms with Crippen LogP contribution in [0.4, 0.5) is 5.82 Å². The van der Waals surface area contributed by atoms with Crippen LogP contribution in [0.5, 0.6) is 0 Å². The molecule has 0 saturated carbocycles. The van der Waals surface area contributed by atoms with Crippen LogP contribution in [-0.4, -0.2) is 40.9 Å². The number of carbonyl (C=O) groups is 1. The van der Waals surface area contributed by atoms with E-state index in [-0.39, 0.29) is 18.1 Å². The van der Waals surface area contributed by atoms with Gasteiger partial charge in [-0.05, 0) is 30.9 Å². The van der Waals surface area contributed by atoms with Crippen molar-refractivity contribution in [1.82, 2.24) is 4.98 Å². The number of nitrogens with zero attached hydrogens (tertiary/aromatic N) is 2. The average Bonchev–Trinajstić information content (AvgIpc) is 2.39. The molecule has 17 heavy (non-hydrogen) atoms. The number of rotatable bonds is 3. The predicted octanol–water partition coefficient (Wildman–Crippen LogP) is 0.988. The van der Waals surface area contributed by atoms with Crippen molar-refractivity contribution >= 4 is 11.8 Å². The maximum absolute atomic E-state index is 10.9. The van der Waals surface area contributed by atoms with Crippen molar-refractivity contribution in [2.75, 3.05) is 24.6 Å². The number of aromatic carboxylic acids is 1. The van der Waals surface area contributed by atoms with Gasteiger partial charge in [0.25, 0.3) is 0 Å². The van der Waals surface area contributed by atoms with Gasteiger partial charge in [0.2, 0.25) is 0 Å². The second-order valence-corrected chi connectivity index (χ2v) is 4.34. The van der Waals surface area contributed by atoms with E-state index in [2.05, 4.69) is 4.98 Å². The van der Waals surface area contributed by atoms with Crippen molar-refractivity contribution in [2.24, 2.45) is 5.92 Å². The van der Waals surface area contributed by atoms with Crippen molar-refractivity contribution in [2.45, 2.75) is 12.8 Å². The lowest BCUT2D eigenvalue weighted by molar-refractivity contribution is 0.0696. The summed E-state index contributed by atoms with van der Waals surface area (Å²) in [5.74, 6) is 0.00597. The first kappa shape index (κ1) is 11.9. The highest BCUT2D eigenvalue weighted by atomic mass is 16.4. The summed E-state index contributed by atoms with van der Waals surface area (Å²) < 4.78 is 0. The van der Waals surface area contributed by atoms with Gasteiger partial charge >= 0.3 is 5.97 Å². The highest BCUT2D eigenvalue weighted by molar-refractivity contribution is 5.88. The van der Waals surface area contributed by atoms with E-state index in [1.54, 1.807) is 6.07 Å². The molecule has 2 heterocycles. The molecule has 1 fully saturated rings. The predicted molar refractivity (Wildman–Crippen MR) is 63.2 cm³/mol. The number of aliphatic hydroxyl groups excluding tert-OH is 1. The van der Waals surface area contributed by atoms with E-state index in [9.17, 15) is 4.79 Å². The van der Waals surface area contributed by atoms with E-state index in [1.807, 2.05) is 4.90 Å². The monoisotopic (exact) mass is 236 g/mol. The molecular weight excluding hydrogens is 220 g/mol. The lowest BCUT2D eigenvalue weighted by atomic mass is 9.99. The third-order valence-electron chi connectivity index (χ3n) is 3.09. The molecule has 0 amide bonds. The Balaban J connectivity index is 2.16. The van der Waals surface area contributed by atoms with Crippen molar-refractivity contribution in [3.8, 4) is 0 Å². The molecule has 1 aromatic rings. The zero-order valence-electron chi connectivity index (χ0n) is 9.54. The minimum absolute atomic E-state index is 0.176. The van der Waals surface area contributed by atoms with Crippen molar-refractivity contribution < 1.29 is 15.0 Å². The zero-order chi connectivity index (χ0) is 12.3. The normalized spacial score (nSPS) is 20.3. The minimum Gasteiger partial charge on any atom is -0.478 e. The number of anilines is 1. The first-order valence-corrected chi connectivity index (χ1v) is 5.76. The summed E-state index contributed by atoms with van der Waals surface area (Å²) in [6.07, 6.45) is 3.54. The zero-order valence-corrected chi connectivity index (χ0v) is 9.54. The van der Waals surface area contributed by atoms with Gasteiger partial charge in [-0.25, -0.2) is 9.78 Å². The Morgan fingerprint density at radius 3 is 3.12 bits per heavy atom. The SMILES string of the molecule is O=C(O)c1ccnc(N2CCCC(CO)C2)c1. The third-order valence-corrected chi connectivity index (χ3v) is 3.09. The van der Waals surface area contributed by atoms with Crippen LogP contribution in [0.25, 0.3) is 0 Å². The Hall–Kier alpha value is -1.62. The molecule has 1 aliphatic rings. The van der Waals surface area contributed by atoms with Gasteiger partial charge in [0.05, 0.1) is 5.56 Å². The van der Waals surface area contributed by atoms with E-state index in [4.69, 9.17) is 10.2 Å². The van der Waals surface area contributed by atoms with Crippen molar-refractivity contribution in [3.05, 3.63) is 23.9 Å². The maximum Gasteiger partial charge on any atom is 0.335 e. The Morgan fingerprint density at radius 1 is 1.59 bits per heavy atom. The molecule has 1 atom stereocenters. The van der Waals surface area contributed by atoms with Gasteiger partial charge in [-0.1, -0.05) is 0 Å². The number of pyridine rings is 1. The third kappa shape index (κ3) is 2.74.